The molecule has 2 aromatic rings. The molecule has 0 unspecified atom stereocenters. The van der Waals surface area contributed by atoms with Gasteiger partial charge in [0.25, 0.3) is 6.43 Å². The lowest BCUT2D eigenvalue weighted by atomic mass is 10.2. The maximum absolute atomic E-state index is 13.8. The molecule has 0 saturated heterocycles. The van der Waals surface area contributed by atoms with Crippen LogP contribution in [-0.4, -0.2) is 33.2 Å². The van der Waals surface area contributed by atoms with Crippen LogP contribution in [0.4, 0.5) is 13.2 Å². The van der Waals surface area contributed by atoms with E-state index in [2.05, 4.69) is 10.3 Å². The van der Waals surface area contributed by atoms with Crippen LogP contribution in [0.25, 0.3) is 0 Å². The van der Waals surface area contributed by atoms with Crippen molar-refractivity contribution in [2.45, 2.75) is 13.0 Å². The van der Waals surface area contributed by atoms with Crippen molar-refractivity contribution in [3.63, 3.8) is 0 Å². The zero-order chi connectivity index (χ0) is 15.6. The molecule has 0 fully saturated rings. The van der Waals surface area contributed by atoms with Crippen LogP contribution in [0.2, 0.25) is 0 Å². The number of nitrogens with zero attached hydrogens (tertiary/aromatic N) is 3. The predicted octanol–water partition coefficient (Wildman–Crippen LogP) is 2.11. The summed E-state index contributed by atoms with van der Waals surface area (Å²) in [6.07, 6.45) is -3.09. The van der Waals surface area contributed by atoms with Gasteiger partial charge in [-0.3, -0.25) is 0 Å². The lowest BCUT2D eigenvalue weighted by Crippen LogP contribution is -2.11. The molecule has 0 aliphatic carbocycles. The third-order valence-corrected chi connectivity index (χ3v) is 2.76. The lowest BCUT2D eigenvalue weighted by molar-refractivity contribution is 0.0675. The molecule has 0 atom stereocenters. The molecule has 1 heterocycles. The number of hydrogen-bond acceptors (Lipinski definition) is 4. The molecule has 9 heteroatoms. The second kappa shape index (κ2) is 5.81. The van der Waals surface area contributed by atoms with E-state index in [0.29, 0.717) is 4.68 Å². The predicted molar refractivity (Wildman–Crippen MR) is 64.0 cm³/mol. The number of hydrogen-bond donors (Lipinski definition) is 1. The van der Waals surface area contributed by atoms with Crippen LogP contribution in [0.15, 0.2) is 18.2 Å². The second-order valence-electron chi connectivity index (χ2n) is 4.04. The van der Waals surface area contributed by atoms with Gasteiger partial charge in [-0.2, -0.15) is 0 Å². The van der Waals surface area contributed by atoms with E-state index in [1.54, 1.807) is 0 Å². The molecule has 0 radical (unpaired) electrons. The third-order valence-electron chi connectivity index (χ3n) is 2.76. The van der Waals surface area contributed by atoms with Gasteiger partial charge in [0, 0.05) is 11.6 Å². The summed E-state index contributed by atoms with van der Waals surface area (Å²) in [7, 11) is 1.36. The average molecular weight is 301 g/mol. The summed E-state index contributed by atoms with van der Waals surface area (Å²) in [6.45, 7) is -0.365. The highest BCUT2D eigenvalue weighted by atomic mass is 19.3. The number of carboxylic acid groups (broad SMARTS) is 1. The molecule has 0 aliphatic rings. The van der Waals surface area contributed by atoms with Crippen molar-refractivity contribution in [3.05, 3.63) is 41.0 Å². The molecular weight excluding hydrogens is 291 g/mol. The van der Waals surface area contributed by atoms with E-state index < -0.39 is 29.6 Å². The van der Waals surface area contributed by atoms with Gasteiger partial charge >= 0.3 is 5.97 Å². The number of alkyl halides is 2. The van der Waals surface area contributed by atoms with Crippen molar-refractivity contribution in [2.75, 3.05) is 7.11 Å². The van der Waals surface area contributed by atoms with Gasteiger partial charge in [-0.05, 0) is 6.07 Å². The molecular formula is C12H10F3N3O3. The number of aromatic carboxylic acids is 1. The van der Waals surface area contributed by atoms with Crippen molar-refractivity contribution in [2.24, 2.45) is 0 Å². The van der Waals surface area contributed by atoms with E-state index in [-0.39, 0.29) is 17.9 Å². The molecule has 0 aliphatic heterocycles. The highest BCUT2D eigenvalue weighted by Crippen LogP contribution is 2.23. The van der Waals surface area contributed by atoms with Crippen molar-refractivity contribution >= 4 is 5.97 Å². The van der Waals surface area contributed by atoms with Crippen molar-refractivity contribution in [3.8, 4) is 5.75 Å². The highest BCUT2D eigenvalue weighted by molar-refractivity contribution is 5.86. The Hall–Kier alpha value is -2.58. The van der Waals surface area contributed by atoms with Crippen molar-refractivity contribution in [1.29, 1.82) is 0 Å². The van der Waals surface area contributed by atoms with E-state index in [0.717, 1.165) is 6.07 Å². The van der Waals surface area contributed by atoms with Gasteiger partial charge in [-0.25, -0.2) is 22.6 Å². The Morgan fingerprint density at radius 3 is 2.71 bits per heavy atom. The quantitative estimate of drug-likeness (QED) is 0.915. The van der Waals surface area contributed by atoms with Gasteiger partial charge in [0.05, 0.1) is 13.7 Å². The largest absolute Gasteiger partial charge is 0.497 e. The maximum Gasteiger partial charge on any atom is 0.358 e. The van der Waals surface area contributed by atoms with E-state index >= 15 is 0 Å². The summed E-state index contributed by atoms with van der Waals surface area (Å²) < 4.78 is 45.1. The van der Waals surface area contributed by atoms with Crippen LogP contribution in [0.5, 0.6) is 5.75 Å². The zero-order valence-electron chi connectivity index (χ0n) is 10.8. The fourth-order valence-corrected chi connectivity index (χ4v) is 1.75. The van der Waals surface area contributed by atoms with Gasteiger partial charge in [-0.15, -0.1) is 5.10 Å². The molecule has 21 heavy (non-hydrogen) atoms. The normalized spacial score (nSPS) is 10.9. The molecule has 0 bridgehead atoms. The molecule has 0 saturated carbocycles. The highest BCUT2D eigenvalue weighted by Gasteiger charge is 2.26. The molecule has 1 N–H and O–H groups in total. The van der Waals surface area contributed by atoms with Gasteiger partial charge in [0.2, 0.25) is 0 Å². The van der Waals surface area contributed by atoms with Crippen LogP contribution < -0.4 is 4.74 Å². The summed E-state index contributed by atoms with van der Waals surface area (Å²) >= 11 is 0. The Morgan fingerprint density at radius 2 is 2.19 bits per heavy atom. The minimum Gasteiger partial charge on any atom is -0.497 e. The number of benzene rings is 1. The summed E-state index contributed by atoms with van der Waals surface area (Å²) in [5, 5.41) is 15.3. The third kappa shape index (κ3) is 2.96. The number of aromatic nitrogens is 3. The summed E-state index contributed by atoms with van der Waals surface area (Å²) in [5.74, 6) is -2.02. The van der Waals surface area contributed by atoms with Crippen LogP contribution in [0.3, 0.4) is 0 Å². The molecule has 112 valence electrons. The Morgan fingerprint density at radius 1 is 1.48 bits per heavy atom. The second-order valence-corrected chi connectivity index (χ2v) is 4.04. The minimum atomic E-state index is -3.09. The number of ether oxygens (including phenoxy) is 1. The fraction of sp³-hybridized carbons (Fsp3) is 0.250. The van der Waals surface area contributed by atoms with Gasteiger partial charge < -0.3 is 9.84 Å². The molecule has 0 spiro atoms. The molecule has 1 aromatic carbocycles. The topological polar surface area (TPSA) is 77.2 Å². The number of carboxylic acids is 1. The zero-order valence-corrected chi connectivity index (χ0v) is 10.8. The number of rotatable bonds is 5. The summed E-state index contributed by atoms with van der Waals surface area (Å²) in [5.41, 5.74) is -1.66. The van der Waals surface area contributed by atoms with E-state index in [1.165, 1.54) is 19.2 Å². The van der Waals surface area contributed by atoms with Gasteiger partial charge in [0.15, 0.2) is 5.69 Å². The standard InChI is InChI=1S/C12H10F3N3O3/c1-21-7-3-2-6(8(13)4-7)5-18-10(11(14)15)9(12(19)20)16-17-18/h2-4,11H,5H2,1H3,(H,19,20). The van der Waals surface area contributed by atoms with E-state index in [4.69, 9.17) is 9.84 Å². The maximum atomic E-state index is 13.8. The molecule has 0 amide bonds. The average Bonchev–Trinajstić information content (AvgIpc) is 2.85. The Labute approximate surface area is 116 Å². The Balaban J connectivity index is 2.38. The first-order valence-corrected chi connectivity index (χ1v) is 5.71. The van der Waals surface area contributed by atoms with E-state index in [1.807, 2.05) is 0 Å². The lowest BCUT2D eigenvalue weighted by Gasteiger charge is -2.08. The Kier molecular flexibility index (Phi) is 4.10. The number of methoxy groups -OCH3 is 1. The summed E-state index contributed by atoms with van der Waals surface area (Å²) in [4.78, 5) is 10.8. The van der Waals surface area contributed by atoms with Crippen LogP contribution >= 0.6 is 0 Å². The fourth-order valence-electron chi connectivity index (χ4n) is 1.75. The molecule has 6 nitrogen and oxygen atoms in total. The SMILES string of the molecule is COc1ccc(Cn2nnc(C(=O)O)c2C(F)F)c(F)c1. The van der Waals surface area contributed by atoms with Crippen LogP contribution in [-0.2, 0) is 6.54 Å². The van der Waals surface area contributed by atoms with E-state index in [9.17, 15) is 18.0 Å². The first-order chi connectivity index (χ1) is 9.93. The first-order valence-electron chi connectivity index (χ1n) is 5.71. The van der Waals surface area contributed by atoms with Crippen molar-refractivity contribution in [1.82, 2.24) is 15.0 Å². The summed E-state index contributed by atoms with van der Waals surface area (Å²) in [6, 6.07) is 3.88. The smallest absolute Gasteiger partial charge is 0.358 e. The van der Waals surface area contributed by atoms with Gasteiger partial charge in [-0.1, -0.05) is 11.3 Å². The number of halogens is 3. The van der Waals surface area contributed by atoms with Crippen LogP contribution in [0.1, 0.15) is 28.2 Å². The monoisotopic (exact) mass is 301 g/mol. The number of carbonyl (C=O) groups is 1. The van der Waals surface area contributed by atoms with Gasteiger partial charge in [0.1, 0.15) is 17.3 Å². The van der Waals surface area contributed by atoms with Crippen LogP contribution in [0, 0.1) is 5.82 Å². The first kappa shape index (κ1) is 14.8. The molecule has 1 aromatic heterocycles. The minimum absolute atomic E-state index is 0.0551. The van der Waals surface area contributed by atoms with Crippen molar-refractivity contribution < 1.29 is 27.8 Å². The molecule has 2 rings (SSSR count). The Bertz CT molecular complexity index is 673.